The van der Waals surface area contributed by atoms with E-state index in [4.69, 9.17) is 4.74 Å². The number of carbonyl (C=O) groups excluding carboxylic acids is 1. The third kappa shape index (κ3) is 5.55. The molecule has 202 valence electrons. The van der Waals surface area contributed by atoms with E-state index in [0.29, 0.717) is 42.6 Å². The topological polar surface area (TPSA) is 91.8 Å². The van der Waals surface area contributed by atoms with Gasteiger partial charge in [-0.3, -0.25) is 19.4 Å². The minimum Gasteiger partial charge on any atom is -0.495 e. The van der Waals surface area contributed by atoms with Gasteiger partial charge in [-0.05, 0) is 36.4 Å². The molecule has 1 aliphatic rings. The molecule has 1 fully saturated rings. The van der Waals surface area contributed by atoms with Gasteiger partial charge in [-0.15, -0.1) is 0 Å². The van der Waals surface area contributed by atoms with Crippen molar-refractivity contribution < 1.29 is 26.7 Å². The number of nitrogens with one attached hydrogen (secondary N) is 1. The predicted molar refractivity (Wildman–Crippen MR) is 143 cm³/mol. The lowest BCUT2D eigenvalue weighted by atomic mass is 10.1. The number of benzene rings is 3. The van der Waals surface area contributed by atoms with E-state index in [1.807, 2.05) is 4.90 Å². The number of methoxy groups -OCH3 is 1. The predicted octanol–water partition coefficient (Wildman–Crippen LogP) is 4.28. The van der Waals surface area contributed by atoms with Gasteiger partial charge in [-0.25, -0.2) is 17.2 Å². The van der Waals surface area contributed by atoms with Gasteiger partial charge < -0.3 is 9.64 Å². The number of para-hydroxylation sites is 1. The highest BCUT2D eigenvalue weighted by Crippen LogP contribution is 2.30. The molecule has 0 bridgehead atoms. The van der Waals surface area contributed by atoms with Crippen LogP contribution in [0.3, 0.4) is 0 Å². The second kappa shape index (κ2) is 11.0. The molecular weight excluding hydrogens is 526 g/mol. The first-order valence-electron chi connectivity index (χ1n) is 12.3. The van der Waals surface area contributed by atoms with Crippen LogP contribution in [0.5, 0.6) is 5.75 Å². The van der Waals surface area contributed by atoms with Crippen LogP contribution >= 0.6 is 0 Å². The number of carbonyl (C=O) groups is 1. The van der Waals surface area contributed by atoms with Crippen molar-refractivity contribution in [2.24, 2.45) is 0 Å². The third-order valence-electron chi connectivity index (χ3n) is 6.66. The van der Waals surface area contributed by atoms with Crippen LogP contribution in [0.1, 0.15) is 15.9 Å². The van der Waals surface area contributed by atoms with E-state index in [2.05, 4.69) is 9.71 Å². The third-order valence-corrected chi connectivity index (χ3v) is 8.06. The van der Waals surface area contributed by atoms with Gasteiger partial charge in [0.15, 0.2) is 11.6 Å². The van der Waals surface area contributed by atoms with Gasteiger partial charge in [0, 0.05) is 55.4 Å². The van der Waals surface area contributed by atoms with E-state index in [9.17, 15) is 22.0 Å². The average molecular weight is 553 g/mol. The maximum atomic E-state index is 14.0. The molecule has 1 aliphatic heterocycles. The Morgan fingerprint density at radius 2 is 1.74 bits per heavy atom. The van der Waals surface area contributed by atoms with Crippen molar-refractivity contribution in [2.45, 2.75) is 11.4 Å². The van der Waals surface area contributed by atoms with Crippen molar-refractivity contribution in [2.75, 3.05) is 38.0 Å². The zero-order chi connectivity index (χ0) is 27.6. The van der Waals surface area contributed by atoms with Crippen molar-refractivity contribution in [3.8, 4) is 5.75 Å². The van der Waals surface area contributed by atoms with Gasteiger partial charge in [0.1, 0.15) is 10.6 Å². The Morgan fingerprint density at radius 1 is 1.00 bits per heavy atom. The molecule has 4 aromatic rings. The Kier molecular flexibility index (Phi) is 7.45. The summed E-state index contributed by atoms with van der Waals surface area (Å²) >= 11 is 0. The van der Waals surface area contributed by atoms with Crippen LogP contribution in [0.15, 0.2) is 77.8 Å². The normalized spacial score (nSPS) is 14.4. The first-order valence-corrected chi connectivity index (χ1v) is 13.7. The number of hydrogen-bond acceptors (Lipinski definition) is 6. The van der Waals surface area contributed by atoms with Crippen LogP contribution in [0.25, 0.3) is 10.9 Å². The van der Waals surface area contributed by atoms with Crippen molar-refractivity contribution in [3.05, 3.63) is 95.7 Å². The molecule has 0 aliphatic carbocycles. The number of fused-ring (bicyclic) bond motifs is 1. The van der Waals surface area contributed by atoms with Crippen LogP contribution in [0, 0.1) is 11.6 Å². The Balaban J connectivity index is 1.28. The number of anilines is 1. The second-order valence-electron chi connectivity index (χ2n) is 9.13. The number of nitrogens with zero attached hydrogens (tertiary/aromatic N) is 3. The monoisotopic (exact) mass is 552 g/mol. The Hall–Kier alpha value is -4.09. The van der Waals surface area contributed by atoms with Crippen molar-refractivity contribution in [1.82, 2.24) is 14.8 Å². The maximum Gasteiger partial charge on any atom is 0.264 e. The number of pyridine rings is 1. The number of hydrogen-bond donors (Lipinski definition) is 1. The SMILES string of the molecule is COc1cc(C(=O)N2CCN(Cc3cccc(F)c3F)CC2)ccc1NS(=O)(=O)c1cccc2cccnc12. The van der Waals surface area contributed by atoms with Gasteiger partial charge in [-0.1, -0.05) is 30.3 Å². The molecular formula is C28H26F2N4O4S. The Morgan fingerprint density at radius 3 is 2.51 bits per heavy atom. The quantitative estimate of drug-likeness (QED) is 0.368. The average Bonchev–Trinajstić information content (AvgIpc) is 2.95. The minimum absolute atomic E-state index is 0.0267. The summed E-state index contributed by atoms with van der Waals surface area (Å²) in [5, 5.41) is 0.689. The number of amides is 1. The Labute approximate surface area is 224 Å². The van der Waals surface area contributed by atoms with E-state index in [-0.39, 0.29) is 34.3 Å². The summed E-state index contributed by atoms with van der Waals surface area (Å²) in [4.78, 5) is 21.1. The van der Waals surface area contributed by atoms with Crippen LogP contribution < -0.4 is 9.46 Å². The van der Waals surface area contributed by atoms with Crippen molar-refractivity contribution >= 4 is 32.5 Å². The van der Waals surface area contributed by atoms with Crippen molar-refractivity contribution in [1.29, 1.82) is 0 Å². The lowest BCUT2D eigenvalue weighted by Gasteiger charge is -2.35. The lowest BCUT2D eigenvalue weighted by Crippen LogP contribution is -2.48. The molecule has 11 heteroatoms. The molecule has 1 saturated heterocycles. The molecule has 0 atom stereocenters. The second-order valence-corrected chi connectivity index (χ2v) is 10.8. The highest BCUT2D eigenvalue weighted by molar-refractivity contribution is 7.93. The number of aromatic nitrogens is 1. The fraction of sp³-hybridized carbons (Fsp3) is 0.214. The largest absolute Gasteiger partial charge is 0.495 e. The standard InChI is InChI=1S/C28H26F2N4O4S/c1-38-24-17-20(28(35)34-15-13-33(14-16-34)18-21-6-2-8-22(29)26(21)30)10-11-23(24)32-39(36,37)25-9-3-5-19-7-4-12-31-27(19)25/h2-12,17,32H,13-16,18H2,1H3. The van der Waals surface area contributed by atoms with Gasteiger partial charge in [0.25, 0.3) is 15.9 Å². The summed E-state index contributed by atoms with van der Waals surface area (Å²) in [6.45, 7) is 2.05. The molecule has 0 unspecified atom stereocenters. The minimum atomic E-state index is -4.01. The molecule has 8 nitrogen and oxygen atoms in total. The number of halogens is 2. The van der Waals surface area contributed by atoms with Crippen LogP contribution in [0.4, 0.5) is 14.5 Å². The molecule has 2 heterocycles. The van der Waals surface area contributed by atoms with E-state index in [1.165, 1.54) is 37.6 Å². The number of rotatable bonds is 7. The summed E-state index contributed by atoms with van der Waals surface area (Å²) in [5.41, 5.74) is 1.14. The van der Waals surface area contributed by atoms with Gasteiger partial charge >= 0.3 is 0 Å². The number of sulfonamides is 1. The smallest absolute Gasteiger partial charge is 0.264 e. The fourth-order valence-electron chi connectivity index (χ4n) is 4.60. The number of ether oxygens (including phenoxy) is 1. The zero-order valence-corrected chi connectivity index (χ0v) is 21.9. The van der Waals surface area contributed by atoms with E-state index in [0.717, 1.165) is 6.07 Å². The van der Waals surface area contributed by atoms with E-state index in [1.54, 1.807) is 41.3 Å². The fourth-order valence-corrected chi connectivity index (χ4v) is 5.86. The molecule has 39 heavy (non-hydrogen) atoms. The highest BCUT2D eigenvalue weighted by Gasteiger charge is 2.25. The zero-order valence-electron chi connectivity index (χ0n) is 21.1. The van der Waals surface area contributed by atoms with E-state index < -0.39 is 21.7 Å². The first-order chi connectivity index (χ1) is 18.8. The number of piperazine rings is 1. The lowest BCUT2D eigenvalue weighted by molar-refractivity contribution is 0.0626. The molecule has 3 aromatic carbocycles. The molecule has 1 N–H and O–H groups in total. The van der Waals surface area contributed by atoms with Gasteiger partial charge in [0.05, 0.1) is 18.3 Å². The van der Waals surface area contributed by atoms with Crippen molar-refractivity contribution in [3.63, 3.8) is 0 Å². The van der Waals surface area contributed by atoms with Crippen LogP contribution in [-0.2, 0) is 16.6 Å². The Bertz CT molecular complexity index is 1630. The summed E-state index contributed by atoms with van der Waals surface area (Å²) in [7, 11) is -2.61. The molecule has 5 rings (SSSR count). The first kappa shape index (κ1) is 26.5. The van der Waals surface area contributed by atoms with Crippen LogP contribution in [0.2, 0.25) is 0 Å². The van der Waals surface area contributed by atoms with Gasteiger partial charge in [-0.2, -0.15) is 0 Å². The molecule has 0 spiro atoms. The summed E-state index contributed by atoms with van der Waals surface area (Å²) < 4.78 is 62.0. The summed E-state index contributed by atoms with van der Waals surface area (Å²) in [5.74, 6) is -1.78. The maximum absolute atomic E-state index is 14.0. The highest BCUT2D eigenvalue weighted by atomic mass is 32.2. The molecule has 0 saturated carbocycles. The van der Waals surface area contributed by atoms with Crippen LogP contribution in [-0.4, -0.2) is 62.4 Å². The summed E-state index contributed by atoms with van der Waals surface area (Å²) in [6.07, 6.45) is 1.53. The van der Waals surface area contributed by atoms with E-state index >= 15 is 0 Å². The molecule has 0 radical (unpaired) electrons. The molecule has 1 amide bonds. The van der Waals surface area contributed by atoms with Gasteiger partial charge in [0.2, 0.25) is 0 Å². The molecule has 1 aromatic heterocycles. The summed E-state index contributed by atoms with van der Waals surface area (Å²) in [6, 6.07) is 17.0.